The summed E-state index contributed by atoms with van der Waals surface area (Å²) in [5.74, 6) is 1.90. The van der Waals surface area contributed by atoms with Gasteiger partial charge in [-0.2, -0.15) is 0 Å². The van der Waals surface area contributed by atoms with Crippen LogP contribution in [0.4, 0.5) is 0 Å². The third-order valence-corrected chi connectivity index (χ3v) is 4.83. The third kappa shape index (κ3) is 1.45. The first-order chi connectivity index (χ1) is 6.85. The quantitative estimate of drug-likeness (QED) is 0.755. The number of carbonyl (C=O) groups excluding carboxylic acids is 1. The summed E-state index contributed by atoms with van der Waals surface area (Å²) in [7, 11) is 0. The molecule has 0 saturated heterocycles. The van der Waals surface area contributed by atoms with Gasteiger partial charge >= 0.3 is 0 Å². The van der Waals surface area contributed by atoms with E-state index in [2.05, 4.69) is 39.9 Å². The van der Waals surface area contributed by atoms with Crippen LogP contribution in [0.5, 0.6) is 0 Å². The van der Waals surface area contributed by atoms with Crippen LogP contribution in [0.3, 0.4) is 0 Å². The molecular formula is C13H23NO. The van der Waals surface area contributed by atoms with Gasteiger partial charge in [-0.25, -0.2) is 0 Å². The number of ketones is 1. The molecule has 2 aliphatic carbocycles. The van der Waals surface area contributed by atoms with Crippen LogP contribution in [0.25, 0.3) is 0 Å². The first-order valence-corrected chi connectivity index (χ1v) is 6.15. The molecular weight excluding hydrogens is 186 g/mol. The number of nitrogens with one attached hydrogen (secondary N) is 1. The number of fused-ring (bicyclic) bond motifs is 2. The van der Waals surface area contributed by atoms with E-state index >= 15 is 0 Å². The Morgan fingerprint density at radius 1 is 1.40 bits per heavy atom. The Hall–Kier alpha value is -0.370. The topological polar surface area (TPSA) is 29.1 Å². The highest BCUT2D eigenvalue weighted by atomic mass is 16.1. The second-order valence-electron chi connectivity index (χ2n) is 6.26. The summed E-state index contributed by atoms with van der Waals surface area (Å²) >= 11 is 0. The van der Waals surface area contributed by atoms with Crippen molar-refractivity contribution in [1.82, 2.24) is 5.32 Å². The van der Waals surface area contributed by atoms with Gasteiger partial charge in [-0.1, -0.05) is 34.6 Å². The molecule has 2 bridgehead atoms. The lowest BCUT2D eigenvalue weighted by molar-refractivity contribution is -0.128. The van der Waals surface area contributed by atoms with Gasteiger partial charge in [-0.05, 0) is 23.7 Å². The summed E-state index contributed by atoms with van der Waals surface area (Å²) in [4.78, 5) is 12.1. The monoisotopic (exact) mass is 209 g/mol. The first-order valence-electron chi connectivity index (χ1n) is 6.15. The Balaban J connectivity index is 2.21. The number of rotatable bonds is 2. The van der Waals surface area contributed by atoms with Crippen molar-refractivity contribution in [3.63, 3.8) is 0 Å². The van der Waals surface area contributed by atoms with Crippen LogP contribution in [0.1, 0.15) is 41.0 Å². The zero-order valence-corrected chi connectivity index (χ0v) is 10.5. The highest BCUT2D eigenvalue weighted by Crippen LogP contribution is 2.57. The normalized spacial score (nSPS) is 42.9. The van der Waals surface area contributed by atoms with E-state index in [0.29, 0.717) is 35.0 Å². The van der Waals surface area contributed by atoms with Crippen molar-refractivity contribution in [2.24, 2.45) is 23.2 Å². The Morgan fingerprint density at radius 3 is 2.47 bits per heavy atom. The van der Waals surface area contributed by atoms with Crippen molar-refractivity contribution in [2.45, 2.75) is 53.1 Å². The average molecular weight is 209 g/mol. The molecule has 2 rings (SSSR count). The van der Waals surface area contributed by atoms with E-state index in [9.17, 15) is 4.79 Å². The molecule has 2 fully saturated rings. The Bertz CT molecular complexity index is 282. The molecule has 2 saturated carbocycles. The van der Waals surface area contributed by atoms with E-state index < -0.39 is 0 Å². The Morgan fingerprint density at radius 2 is 2.00 bits per heavy atom. The fourth-order valence-electron chi connectivity index (χ4n) is 3.55. The zero-order valence-electron chi connectivity index (χ0n) is 10.5. The number of carbonyl (C=O) groups is 1. The van der Waals surface area contributed by atoms with Crippen LogP contribution < -0.4 is 5.32 Å². The summed E-state index contributed by atoms with van der Waals surface area (Å²) in [6, 6.07) is 0.533. The van der Waals surface area contributed by atoms with Gasteiger partial charge in [0, 0.05) is 12.0 Å². The molecule has 0 radical (unpaired) electrons. The van der Waals surface area contributed by atoms with Crippen molar-refractivity contribution in [2.75, 3.05) is 0 Å². The molecule has 86 valence electrons. The third-order valence-electron chi connectivity index (χ3n) is 4.83. The van der Waals surface area contributed by atoms with Gasteiger partial charge in [-0.15, -0.1) is 0 Å². The lowest BCUT2D eigenvalue weighted by atomic mass is 9.67. The van der Waals surface area contributed by atoms with Gasteiger partial charge in [0.25, 0.3) is 0 Å². The van der Waals surface area contributed by atoms with E-state index in [1.54, 1.807) is 0 Å². The average Bonchev–Trinajstić information content (AvgIpc) is 2.52. The van der Waals surface area contributed by atoms with Crippen LogP contribution in [0.2, 0.25) is 0 Å². The number of hydrogen-bond donors (Lipinski definition) is 1. The molecule has 0 aliphatic heterocycles. The maximum absolute atomic E-state index is 12.1. The minimum absolute atomic E-state index is 0.126. The highest BCUT2D eigenvalue weighted by molar-refractivity contribution is 5.90. The second kappa shape index (κ2) is 3.31. The molecule has 0 aromatic rings. The molecule has 4 atom stereocenters. The van der Waals surface area contributed by atoms with Gasteiger partial charge in [0.2, 0.25) is 0 Å². The lowest BCUT2D eigenvalue weighted by Crippen LogP contribution is -2.51. The fraction of sp³-hybridized carbons (Fsp3) is 0.923. The molecule has 1 N–H and O–H groups in total. The van der Waals surface area contributed by atoms with E-state index in [1.807, 2.05) is 0 Å². The van der Waals surface area contributed by atoms with Crippen molar-refractivity contribution < 1.29 is 4.79 Å². The van der Waals surface area contributed by atoms with Crippen LogP contribution in [0.15, 0.2) is 0 Å². The van der Waals surface area contributed by atoms with Crippen LogP contribution in [0, 0.1) is 23.2 Å². The van der Waals surface area contributed by atoms with Crippen LogP contribution in [-0.4, -0.2) is 17.9 Å². The molecule has 0 spiro atoms. The Labute approximate surface area is 92.8 Å². The maximum atomic E-state index is 12.1. The maximum Gasteiger partial charge on any atom is 0.153 e. The molecule has 2 heteroatoms. The van der Waals surface area contributed by atoms with E-state index in [4.69, 9.17) is 0 Å². The van der Waals surface area contributed by atoms with Crippen molar-refractivity contribution >= 4 is 5.78 Å². The molecule has 2 aliphatic rings. The molecule has 0 aromatic heterocycles. The minimum Gasteiger partial charge on any atom is -0.305 e. The predicted molar refractivity (Wildman–Crippen MR) is 61.6 cm³/mol. The molecule has 4 unspecified atom stereocenters. The summed E-state index contributed by atoms with van der Waals surface area (Å²) in [5.41, 5.74) is 0.325. The smallest absolute Gasteiger partial charge is 0.153 e. The van der Waals surface area contributed by atoms with Gasteiger partial charge < -0.3 is 5.32 Å². The molecule has 2 nitrogen and oxygen atoms in total. The van der Waals surface area contributed by atoms with E-state index in [-0.39, 0.29) is 6.04 Å². The second-order valence-corrected chi connectivity index (χ2v) is 6.26. The van der Waals surface area contributed by atoms with Crippen molar-refractivity contribution in [3.8, 4) is 0 Å². The van der Waals surface area contributed by atoms with Gasteiger partial charge in [0.1, 0.15) is 0 Å². The number of hydrogen-bond acceptors (Lipinski definition) is 2. The summed E-state index contributed by atoms with van der Waals surface area (Å²) in [5, 5.41) is 3.45. The summed E-state index contributed by atoms with van der Waals surface area (Å²) in [6.07, 6.45) is 1.11. The van der Waals surface area contributed by atoms with Crippen molar-refractivity contribution in [1.29, 1.82) is 0 Å². The lowest BCUT2D eigenvalue weighted by Gasteiger charge is -2.40. The highest BCUT2D eigenvalue weighted by Gasteiger charge is 2.59. The fourth-order valence-corrected chi connectivity index (χ4v) is 3.55. The van der Waals surface area contributed by atoms with Crippen LogP contribution >= 0.6 is 0 Å². The van der Waals surface area contributed by atoms with Gasteiger partial charge in [-0.3, -0.25) is 4.79 Å². The van der Waals surface area contributed by atoms with Gasteiger partial charge in [0.15, 0.2) is 5.78 Å². The first kappa shape index (κ1) is 11.1. The Kier molecular flexibility index (Phi) is 2.45. The summed E-state index contributed by atoms with van der Waals surface area (Å²) < 4.78 is 0. The SMILES string of the molecule is CC(C)NC1C(=O)C2CC1C(C)(C)C2C. The minimum atomic E-state index is 0.126. The van der Waals surface area contributed by atoms with E-state index in [0.717, 1.165) is 6.42 Å². The molecule has 15 heavy (non-hydrogen) atoms. The standard InChI is InChI=1S/C13H23NO/c1-7(2)14-11-10-6-9(12(11)15)8(3)13(10,4)5/h7-11,14H,6H2,1-5H3. The summed E-state index contributed by atoms with van der Waals surface area (Å²) in [6.45, 7) is 11.1. The predicted octanol–water partition coefficient (Wildman–Crippen LogP) is 2.23. The van der Waals surface area contributed by atoms with E-state index in [1.165, 1.54) is 0 Å². The van der Waals surface area contributed by atoms with Crippen LogP contribution in [-0.2, 0) is 4.79 Å². The largest absolute Gasteiger partial charge is 0.305 e. The van der Waals surface area contributed by atoms with Gasteiger partial charge in [0.05, 0.1) is 6.04 Å². The molecule has 0 aromatic carbocycles. The number of Topliss-reactive ketones (excluding diaryl/α,β-unsaturated/α-hetero) is 1. The molecule has 0 heterocycles. The van der Waals surface area contributed by atoms with Crippen molar-refractivity contribution in [3.05, 3.63) is 0 Å². The molecule has 0 amide bonds. The zero-order chi connectivity index (χ0) is 11.4.